The summed E-state index contributed by atoms with van der Waals surface area (Å²) in [4.78, 5) is 18.7. The molecule has 0 radical (unpaired) electrons. The van der Waals surface area contributed by atoms with Crippen molar-refractivity contribution in [2.75, 3.05) is 18.1 Å². The minimum atomic E-state index is -0.0580. The molecule has 1 unspecified atom stereocenters. The Balaban J connectivity index is 1.49. The minimum absolute atomic E-state index is 0.0580. The van der Waals surface area contributed by atoms with Gasteiger partial charge >= 0.3 is 0 Å². The molecule has 1 amide bonds. The molecule has 4 rings (SSSR count). The normalized spacial score (nSPS) is 14.1. The van der Waals surface area contributed by atoms with E-state index in [2.05, 4.69) is 31.3 Å². The van der Waals surface area contributed by atoms with Crippen LogP contribution in [0, 0.1) is 5.92 Å². The topological polar surface area (TPSA) is 63.7 Å². The fourth-order valence-corrected chi connectivity index (χ4v) is 4.70. The Labute approximate surface area is 193 Å². The number of carbonyl (C=O) groups is 1. The van der Waals surface area contributed by atoms with E-state index in [4.69, 9.17) is 14.5 Å². The number of benzene rings is 2. The van der Waals surface area contributed by atoms with Crippen molar-refractivity contribution < 1.29 is 14.3 Å². The van der Waals surface area contributed by atoms with Crippen molar-refractivity contribution >= 4 is 28.1 Å². The number of nitrogens with zero attached hydrogens (tertiary/aromatic N) is 2. The van der Waals surface area contributed by atoms with Crippen LogP contribution < -0.4 is 19.7 Å². The number of hydrogen-bond acceptors (Lipinski definition) is 6. The van der Waals surface area contributed by atoms with Crippen LogP contribution in [-0.2, 0) is 11.3 Å². The molecule has 0 bridgehead atoms. The van der Waals surface area contributed by atoms with Gasteiger partial charge in [0.25, 0.3) is 0 Å². The maximum Gasteiger partial charge on any atom is 0.230 e. The summed E-state index contributed by atoms with van der Waals surface area (Å²) in [6, 6.07) is 15.9. The molecule has 2 heterocycles. The van der Waals surface area contributed by atoms with Crippen LogP contribution in [0.1, 0.15) is 44.5 Å². The molecule has 7 heteroatoms. The van der Waals surface area contributed by atoms with Gasteiger partial charge in [-0.1, -0.05) is 38.1 Å². The zero-order valence-electron chi connectivity index (χ0n) is 18.7. The zero-order chi connectivity index (χ0) is 22.5. The van der Waals surface area contributed by atoms with E-state index in [0.29, 0.717) is 30.8 Å². The Morgan fingerprint density at radius 2 is 1.88 bits per heavy atom. The summed E-state index contributed by atoms with van der Waals surface area (Å²) in [5.74, 6) is 1.93. The summed E-state index contributed by atoms with van der Waals surface area (Å²) in [5, 5.41) is 6.32. The molecule has 1 aliphatic rings. The van der Waals surface area contributed by atoms with Gasteiger partial charge in [-0.2, -0.15) is 0 Å². The predicted octanol–water partition coefficient (Wildman–Crippen LogP) is 5.48. The highest BCUT2D eigenvalue weighted by Gasteiger charge is 2.21. The van der Waals surface area contributed by atoms with Gasteiger partial charge in [0, 0.05) is 31.3 Å². The van der Waals surface area contributed by atoms with E-state index in [1.807, 2.05) is 41.8 Å². The maximum absolute atomic E-state index is 12.3. The van der Waals surface area contributed by atoms with E-state index in [1.54, 1.807) is 11.8 Å². The van der Waals surface area contributed by atoms with Gasteiger partial charge in [0.2, 0.25) is 5.91 Å². The quantitative estimate of drug-likeness (QED) is 0.516. The van der Waals surface area contributed by atoms with E-state index in [0.717, 1.165) is 34.9 Å². The zero-order valence-corrected chi connectivity index (χ0v) is 19.5. The van der Waals surface area contributed by atoms with Crippen LogP contribution in [0.4, 0.5) is 10.8 Å². The predicted molar refractivity (Wildman–Crippen MR) is 128 cm³/mol. The molecule has 168 valence electrons. The van der Waals surface area contributed by atoms with Crippen LogP contribution >= 0.6 is 11.3 Å². The number of thiazole rings is 1. The molecule has 6 nitrogen and oxygen atoms in total. The summed E-state index contributed by atoms with van der Waals surface area (Å²) in [6.07, 6.45) is 0.891. The lowest BCUT2D eigenvalue weighted by Crippen LogP contribution is -2.26. The summed E-state index contributed by atoms with van der Waals surface area (Å²) in [7, 11) is 0. The van der Waals surface area contributed by atoms with Crippen LogP contribution in [0.5, 0.6) is 11.5 Å². The number of fused-ring (bicyclic) bond motifs is 1. The number of ether oxygens (including phenoxy) is 2. The van der Waals surface area contributed by atoms with Gasteiger partial charge in [0.1, 0.15) is 0 Å². The van der Waals surface area contributed by atoms with Gasteiger partial charge in [-0.05, 0) is 35.7 Å². The third-order valence-corrected chi connectivity index (χ3v) is 6.24. The first kappa shape index (κ1) is 22.3. The fraction of sp³-hybridized carbons (Fsp3) is 0.360. The molecule has 1 aliphatic heterocycles. The van der Waals surface area contributed by atoms with Gasteiger partial charge < -0.3 is 14.8 Å². The van der Waals surface area contributed by atoms with E-state index >= 15 is 0 Å². The molecule has 1 N–H and O–H groups in total. The van der Waals surface area contributed by atoms with Gasteiger partial charge in [-0.3, -0.25) is 9.69 Å². The lowest BCUT2D eigenvalue weighted by Gasteiger charge is -2.23. The van der Waals surface area contributed by atoms with Crippen molar-refractivity contribution in [2.45, 2.75) is 39.8 Å². The minimum Gasteiger partial charge on any atom is -0.490 e. The molecule has 1 atom stereocenters. The Morgan fingerprint density at radius 3 is 2.59 bits per heavy atom. The van der Waals surface area contributed by atoms with Crippen LogP contribution in [0.15, 0.2) is 53.9 Å². The van der Waals surface area contributed by atoms with Gasteiger partial charge in [-0.25, -0.2) is 4.98 Å². The second-order valence-corrected chi connectivity index (χ2v) is 9.01. The molecular formula is C25H29N3O3S. The second kappa shape index (κ2) is 10.1. The molecule has 1 aromatic heterocycles. The van der Waals surface area contributed by atoms with Crippen molar-refractivity contribution in [3.05, 3.63) is 65.2 Å². The van der Waals surface area contributed by atoms with Gasteiger partial charge in [0.05, 0.1) is 24.6 Å². The smallest absolute Gasteiger partial charge is 0.230 e. The number of nitrogens with one attached hydrogen (secondary N) is 1. The molecule has 0 spiro atoms. The molecule has 32 heavy (non-hydrogen) atoms. The van der Waals surface area contributed by atoms with Crippen molar-refractivity contribution in [1.82, 2.24) is 10.3 Å². The third kappa shape index (κ3) is 5.11. The molecule has 0 aliphatic carbocycles. The monoisotopic (exact) mass is 451 g/mol. The average molecular weight is 452 g/mol. The maximum atomic E-state index is 12.3. The van der Waals surface area contributed by atoms with E-state index < -0.39 is 0 Å². The largest absolute Gasteiger partial charge is 0.490 e. The van der Waals surface area contributed by atoms with Crippen molar-refractivity contribution in [1.29, 1.82) is 0 Å². The lowest BCUT2D eigenvalue weighted by molar-refractivity contribution is -0.115. The molecule has 0 saturated carbocycles. The van der Waals surface area contributed by atoms with E-state index in [9.17, 15) is 4.79 Å². The molecule has 3 aromatic rings. The molecule has 2 aromatic carbocycles. The van der Waals surface area contributed by atoms with E-state index in [1.165, 1.54) is 11.3 Å². The van der Waals surface area contributed by atoms with Crippen LogP contribution in [-0.4, -0.2) is 24.1 Å². The molecule has 0 fully saturated rings. The highest BCUT2D eigenvalue weighted by Crippen LogP contribution is 2.34. The van der Waals surface area contributed by atoms with Crippen LogP contribution in [0.25, 0.3) is 0 Å². The summed E-state index contributed by atoms with van der Waals surface area (Å²) >= 11 is 1.48. The first-order chi connectivity index (χ1) is 15.5. The number of carbonyl (C=O) groups excluding carboxylic acids is 1. The number of rotatable bonds is 7. The lowest BCUT2D eigenvalue weighted by atomic mass is 9.95. The molecule has 0 saturated heterocycles. The first-order valence-corrected chi connectivity index (χ1v) is 11.8. The Morgan fingerprint density at radius 1 is 1.12 bits per heavy atom. The third-order valence-electron chi connectivity index (χ3n) is 5.36. The fourth-order valence-electron chi connectivity index (χ4n) is 3.81. The Hall–Kier alpha value is -2.90. The standard InChI is InChI=1S/C25H29N3O3S/c1-17(2)24(19-10-11-22-23(14-19)31-13-7-12-30-22)26-15-20-16-32-25(27-20)28(18(3)29)21-8-5-4-6-9-21/h4-6,8-11,14,16-17,24,26H,7,12-13,15H2,1-3H3. The van der Waals surface area contributed by atoms with Gasteiger partial charge in [-0.15, -0.1) is 11.3 Å². The first-order valence-electron chi connectivity index (χ1n) is 11.0. The highest BCUT2D eigenvalue weighted by molar-refractivity contribution is 7.14. The average Bonchev–Trinajstić information content (AvgIpc) is 3.10. The Kier molecular flexibility index (Phi) is 7.07. The summed E-state index contributed by atoms with van der Waals surface area (Å²) in [6.45, 7) is 7.91. The Bertz CT molecular complexity index is 1050. The number of hydrogen-bond donors (Lipinski definition) is 1. The van der Waals surface area contributed by atoms with Crippen molar-refractivity contribution in [2.24, 2.45) is 5.92 Å². The van der Waals surface area contributed by atoms with Crippen molar-refractivity contribution in [3.63, 3.8) is 0 Å². The number of aromatic nitrogens is 1. The van der Waals surface area contributed by atoms with E-state index in [-0.39, 0.29) is 11.9 Å². The van der Waals surface area contributed by atoms with Gasteiger partial charge in [0.15, 0.2) is 16.6 Å². The van der Waals surface area contributed by atoms with Crippen LogP contribution in [0.2, 0.25) is 0 Å². The highest BCUT2D eigenvalue weighted by atomic mass is 32.1. The van der Waals surface area contributed by atoms with Crippen LogP contribution in [0.3, 0.4) is 0 Å². The molecular weight excluding hydrogens is 422 g/mol. The SMILES string of the molecule is CC(=O)N(c1ccccc1)c1nc(CNC(c2ccc3c(c2)OCCCO3)C(C)C)cs1. The number of anilines is 2. The summed E-state index contributed by atoms with van der Waals surface area (Å²) < 4.78 is 11.6. The van der Waals surface area contributed by atoms with Crippen molar-refractivity contribution in [3.8, 4) is 11.5 Å². The number of amides is 1. The second-order valence-electron chi connectivity index (χ2n) is 8.17. The number of para-hydroxylation sites is 1. The summed E-state index contributed by atoms with van der Waals surface area (Å²) in [5.41, 5.74) is 2.89.